The normalized spacial score (nSPS) is 14.2. The van der Waals surface area contributed by atoms with Crippen molar-refractivity contribution < 1.29 is 28.8 Å². The molecule has 9 heteroatoms. The summed E-state index contributed by atoms with van der Waals surface area (Å²) in [6.07, 6.45) is 2.14. The highest BCUT2D eigenvalue weighted by molar-refractivity contribution is 5.95. The Bertz CT molecular complexity index is 1220. The molecular weight excluding hydrogens is 450 g/mol. The summed E-state index contributed by atoms with van der Waals surface area (Å²) in [6, 6.07) is 16.2. The van der Waals surface area contributed by atoms with E-state index in [0.29, 0.717) is 0 Å². The van der Waals surface area contributed by atoms with Crippen LogP contribution in [0, 0.1) is 0 Å². The molecule has 2 aliphatic rings. The van der Waals surface area contributed by atoms with Gasteiger partial charge >= 0.3 is 12.1 Å². The van der Waals surface area contributed by atoms with Crippen molar-refractivity contribution in [3.05, 3.63) is 77.2 Å². The Morgan fingerprint density at radius 2 is 1.71 bits per heavy atom. The summed E-state index contributed by atoms with van der Waals surface area (Å²) in [5.74, 6) is -1.37. The number of hydrogen-bond acceptors (Lipinski definition) is 6. The lowest BCUT2D eigenvalue weighted by molar-refractivity contribution is -0.137. The Morgan fingerprint density at radius 1 is 1.06 bits per heavy atom. The minimum atomic E-state index is -0.967. The van der Waals surface area contributed by atoms with Crippen LogP contribution in [0.1, 0.15) is 52.4 Å². The van der Waals surface area contributed by atoms with E-state index in [1.165, 1.54) is 11.2 Å². The van der Waals surface area contributed by atoms with E-state index >= 15 is 0 Å². The van der Waals surface area contributed by atoms with E-state index in [9.17, 15) is 14.4 Å². The molecule has 0 saturated heterocycles. The number of rotatable bonds is 9. The fraction of sp³-hybridized carbons (Fsp3) is 0.308. The van der Waals surface area contributed by atoms with Gasteiger partial charge in [0, 0.05) is 18.5 Å². The van der Waals surface area contributed by atoms with Gasteiger partial charge in [0.05, 0.1) is 13.0 Å². The number of aliphatic carboxylic acids is 1. The van der Waals surface area contributed by atoms with E-state index in [4.69, 9.17) is 14.4 Å². The van der Waals surface area contributed by atoms with Crippen LogP contribution < -0.4 is 5.32 Å². The molecule has 0 radical (unpaired) electrons. The maximum atomic E-state index is 13.0. The number of carboxylic acid groups (broad SMARTS) is 1. The molecule has 35 heavy (non-hydrogen) atoms. The van der Waals surface area contributed by atoms with Crippen LogP contribution in [0.3, 0.4) is 0 Å². The first-order valence-electron chi connectivity index (χ1n) is 11.6. The molecule has 180 valence electrons. The summed E-state index contributed by atoms with van der Waals surface area (Å²) in [6.45, 7) is 0.240. The van der Waals surface area contributed by atoms with E-state index in [1.807, 2.05) is 36.4 Å². The fourth-order valence-corrected chi connectivity index (χ4v) is 4.57. The van der Waals surface area contributed by atoms with Crippen LogP contribution in [-0.2, 0) is 16.1 Å². The fourth-order valence-electron chi connectivity index (χ4n) is 4.57. The van der Waals surface area contributed by atoms with E-state index in [1.54, 1.807) is 0 Å². The van der Waals surface area contributed by atoms with Crippen molar-refractivity contribution in [1.82, 2.24) is 15.4 Å². The second kappa shape index (κ2) is 9.61. The summed E-state index contributed by atoms with van der Waals surface area (Å²) in [4.78, 5) is 38.0. The number of carboxylic acids is 1. The van der Waals surface area contributed by atoms with Crippen LogP contribution in [0.25, 0.3) is 11.1 Å². The van der Waals surface area contributed by atoms with Crippen LogP contribution in [0.5, 0.6) is 0 Å². The lowest BCUT2D eigenvalue weighted by Gasteiger charge is -2.21. The van der Waals surface area contributed by atoms with Gasteiger partial charge in [0.1, 0.15) is 24.1 Å². The average Bonchev–Trinajstić information content (AvgIpc) is 3.49. The molecule has 2 amide bonds. The lowest BCUT2D eigenvalue weighted by Crippen LogP contribution is -2.36. The number of hydrogen-bond donors (Lipinski definition) is 2. The van der Waals surface area contributed by atoms with Crippen molar-refractivity contribution in [3.63, 3.8) is 0 Å². The zero-order valence-electron chi connectivity index (χ0n) is 19.0. The summed E-state index contributed by atoms with van der Waals surface area (Å²) >= 11 is 0. The molecule has 2 aromatic carbocycles. The van der Waals surface area contributed by atoms with Gasteiger partial charge in [-0.1, -0.05) is 53.7 Å². The van der Waals surface area contributed by atoms with Gasteiger partial charge in [0.25, 0.3) is 5.91 Å². The third kappa shape index (κ3) is 4.75. The summed E-state index contributed by atoms with van der Waals surface area (Å²) in [5, 5.41) is 15.5. The first-order valence-corrected chi connectivity index (χ1v) is 11.6. The second-order valence-electron chi connectivity index (χ2n) is 8.73. The molecule has 1 aromatic heterocycles. The number of fused-ring (bicyclic) bond motifs is 3. The zero-order chi connectivity index (χ0) is 24.4. The number of aromatic nitrogens is 1. The van der Waals surface area contributed by atoms with Gasteiger partial charge in [0.2, 0.25) is 0 Å². The maximum Gasteiger partial charge on any atom is 0.407 e. The standard InChI is InChI=1S/C26H25N3O6/c30-24(31)11-12-29(16-9-10-16)25(32)22-15-35-28-23(22)13-27-26(33)34-14-21-19-7-3-1-5-17(19)18-6-2-4-8-20(18)21/h1-8,15-16,21H,9-14H2,(H,27,33)(H,30,31). The number of nitrogens with zero attached hydrogens (tertiary/aromatic N) is 2. The molecule has 5 rings (SSSR count). The molecule has 1 heterocycles. The molecule has 1 fully saturated rings. The highest BCUT2D eigenvalue weighted by atomic mass is 16.5. The summed E-state index contributed by atoms with van der Waals surface area (Å²) in [7, 11) is 0. The molecule has 0 aliphatic heterocycles. The van der Waals surface area contributed by atoms with Crippen molar-refractivity contribution in [2.45, 2.75) is 37.8 Å². The SMILES string of the molecule is O=C(O)CCN(C(=O)c1conc1CNC(=O)OCC1c2ccccc2-c2ccccc21)C1CC1. The molecule has 3 aromatic rings. The molecule has 0 atom stereocenters. The minimum Gasteiger partial charge on any atom is -0.481 e. The molecule has 0 spiro atoms. The van der Waals surface area contributed by atoms with Gasteiger partial charge in [-0.05, 0) is 35.1 Å². The molecule has 9 nitrogen and oxygen atoms in total. The molecule has 1 saturated carbocycles. The molecule has 0 bridgehead atoms. The van der Waals surface area contributed by atoms with Gasteiger partial charge in [-0.15, -0.1) is 0 Å². The third-order valence-corrected chi connectivity index (χ3v) is 6.43. The molecule has 2 N–H and O–H groups in total. The topological polar surface area (TPSA) is 122 Å². The Morgan fingerprint density at radius 3 is 2.34 bits per heavy atom. The number of ether oxygens (including phenoxy) is 1. The van der Waals surface area contributed by atoms with E-state index in [0.717, 1.165) is 35.1 Å². The predicted molar refractivity (Wildman–Crippen MR) is 125 cm³/mol. The number of alkyl carbamates (subject to hydrolysis) is 1. The predicted octanol–water partition coefficient (Wildman–Crippen LogP) is 3.79. The van der Waals surface area contributed by atoms with Crippen molar-refractivity contribution in [1.29, 1.82) is 0 Å². The maximum absolute atomic E-state index is 13.0. The summed E-state index contributed by atoms with van der Waals surface area (Å²) < 4.78 is 10.5. The zero-order valence-corrected chi connectivity index (χ0v) is 19.0. The quantitative estimate of drug-likeness (QED) is 0.483. The van der Waals surface area contributed by atoms with Crippen molar-refractivity contribution >= 4 is 18.0 Å². The van der Waals surface area contributed by atoms with Crippen LogP contribution in [0.4, 0.5) is 4.79 Å². The first kappa shape index (κ1) is 22.6. The summed E-state index contributed by atoms with van der Waals surface area (Å²) in [5.41, 5.74) is 5.00. The van der Waals surface area contributed by atoms with Crippen LogP contribution >= 0.6 is 0 Å². The smallest absolute Gasteiger partial charge is 0.407 e. The van der Waals surface area contributed by atoms with Crippen LogP contribution in [-0.4, -0.2) is 52.3 Å². The van der Waals surface area contributed by atoms with Crippen molar-refractivity contribution in [3.8, 4) is 11.1 Å². The highest BCUT2D eigenvalue weighted by Gasteiger charge is 2.35. The Kier molecular flexibility index (Phi) is 6.22. The Balaban J connectivity index is 1.20. The van der Waals surface area contributed by atoms with E-state index in [-0.39, 0.29) is 55.2 Å². The van der Waals surface area contributed by atoms with Gasteiger partial charge in [-0.2, -0.15) is 0 Å². The second-order valence-corrected chi connectivity index (χ2v) is 8.73. The largest absolute Gasteiger partial charge is 0.481 e. The van der Waals surface area contributed by atoms with Gasteiger partial charge in [-0.25, -0.2) is 4.79 Å². The van der Waals surface area contributed by atoms with Crippen LogP contribution in [0.15, 0.2) is 59.3 Å². The van der Waals surface area contributed by atoms with E-state index in [2.05, 4.69) is 22.6 Å². The molecule has 2 aliphatic carbocycles. The lowest BCUT2D eigenvalue weighted by atomic mass is 9.98. The first-order chi connectivity index (χ1) is 17.0. The number of amides is 2. The van der Waals surface area contributed by atoms with Gasteiger partial charge in [0.15, 0.2) is 0 Å². The van der Waals surface area contributed by atoms with Gasteiger partial charge < -0.3 is 24.6 Å². The third-order valence-electron chi connectivity index (χ3n) is 6.43. The number of carbonyl (C=O) groups is 3. The molecular formula is C26H25N3O6. The highest BCUT2D eigenvalue weighted by Crippen LogP contribution is 2.44. The monoisotopic (exact) mass is 475 g/mol. The minimum absolute atomic E-state index is 0.0275. The number of carbonyl (C=O) groups excluding carboxylic acids is 2. The van der Waals surface area contributed by atoms with E-state index < -0.39 is 12.1 Å². The number of benzene rings is 2. The number of nitrogens with one attached hydrogen (secondary N) is 1. The van der Waals surface area contributed by atoms with Gasteiger partial charge in [-0.3, -0.25) is 9.59 Å². The van der Waals surface area contributed by atoms with Crippen molar-refractivity contribution in [2.24, 2.45) is 0 Å². The van der Waals surface area contributed by atoms with Crippen molar-refractivity contribution in [2.75, 3.05) is 13.2 Å². The Labute approximate surface area is 201 Å². The average molecular weight is 476 g/mol. The van der Waals surface area contributed by atoms with Crippen LogP contribution in [0.2, 0.25) is 0 Å². The Hall–Kier alpha value is -4.14. The molecule has 0 unspecified atom stereocenters.